The minimum Gasteiger partial charge on any atom is -0.396 e. The van der Waals surface area contributed by atoms with Gasteiger partial charge in [0.2, 0.25) is 0 Å². The Morgan fingerprint density at radius 1 is 1.22 bits per heavy atom. The molecule has 0 spiro atoms. The highest BCUT2D eigenvalue weighted by Gasteiger charge is 2.06. The molecule has 2 N–H and O–H groups in total. The van der Waals surface area contributed by atoms with E-state index in [0.717, 1.165) is 35.7 Å². The first-order chi connectivity index (χ1) is 8.63. The summed E-state index contributed by atoms with van der Waals surface area (Å²) < 4.78 is 0.926. The van der Waals surface area contributed by atoms with Crippen LogP contribution in [0.15, 0.2) is 22.7 Å². The van der Waals surface area contributed by atoms with Gasteiger partial charge in [0.25, 0.3) is 5.91 Å². The van der Waals surface area contributed by atoms with Crippen molar-refractivity contribution in [2.24, 2.45) is 0 Å². The second kappa shape index (κ2) is 8.27. The van der Waals surface area contributed by atoms with E-state index in [9.17, 15) is 4.79 Å². The number of rotatable bonds is 7. The summed E-state index contributed by atoms with van der Waals surface area (Å²) in [5.74, 6) is -0.0263. The van der Waals surface area contributed by atoms with Crippen LogP contribution >= 0.6 is 15.9 Å². The van der Waals surface area contributed by atoms with Gasteiger partial charge >= 0.3 is 0 Å². The van der Waals surface area contributed by atoms with E-state index in [1.54, 1.807) is 0 Å². The molecule has 0 heterocycles. The SMILES string of the molecule is Cc1cc(Br)cc(C(=O)NCCCCCCO)c1. The summed E-state index contributed by atoms with van der Waals surface area (Å²) in [7, 11) is 0. The fraction of sp³-hybridized carbons (Fsp3) is 0.500. The van der Waals surface area contributed by atoms with Crippen LogP contribution < -0.4 is 5.32 Å². The summed E-state index contributed by atoms with van der Waals surface area (Å²) in [6.45, 7) is 2.91. The Labute approximate surface area is 117 Å². The Hall–Kier alpha value is -0.870. The molecule has 1 aromatic carbocycles. The molecule has 0 fully saturated rings. The lowest BCUT2D eigenvalue weighted by Crippen LogP contribution is -2.24. The normalized spacial score (nSPS) is 10.4. The van der Waals surface area contributed by atoms with Crippen molar-refractivity contribution in [3.05, 3.63) is 33.8 Å². The van der Waals surface area contributed by atoms with E-state index in [4.69, 9.17) is 5.11 Å². The molecule has 0 saturated carbocycles. The maximum absolute atomic E-state index is 11.9. The van der Waals surface area contributed by atoms with Crippen LogP contribution in [-0.2, 0) is 0 Å². The van der Waals surface area contributed by atoms with Gasteiger partial charge in [0.05, 0.1) is 0 Å². The number of benzene rings is 1. The third kappa shape index (κ3) is 5.65. The monoisotopic (exact) mass is 313 g/mol. The highest BCUT2D eigenvalue weighted by molar-refractivity contribution is 9.10. The molecule has 1 rings (SSSR count). The molecule has 0 aliphatic carbocycles. The van der Waals surface area contributed by atoms with Crippen molar-refractivity contribution in [3.8, 4) is 0 Å². The van der Waals surface area contributed by atoms with Crippen molar-refractivity contribution >= 4 is 21.8 Å². The van der Waals surface area contributed by atoms with E-state index in [-0.39, 0.29) is 12.5 Å². The summed E-state index contributed by atoms with van der Waals surface area (Å²) in [5, 5.41) is 11.5. The first-order valence-corrected chi connectivity index (χ1v) is 7.09. The molecule has 18 heavy (non-hydrogen) atoms. The van der Waals surface area contributed by atoms with Crippen molar-refractivity contribution in [1.29, 1.82) is 0 Å². The minimum absolute atomic E-state index is 0.0263. The average molecular weight is 314 g/mol. The van der Waals surface area contributed by atoms with Crippen LogP contribution in [0.25, 0.3) is 0 Å². The number of amides is 1. The van der Waals surface area contributed by atoms with Crippen molar-refractivity contribution in [2.75, 3.05) is 13.2 Å². The predicted octanol–water partition coefficient (Wildman–Crippen LogP) is 3.04. The number of hydrogen-bond acceptors (Lipinski definition) is 2. The molecule has 1 amide bonds. The van der Waals surface area contributed by atoms with Gasteiger partial charge in [-0.2, -0.15) is 0 Å². The molecule has 0 aliphatic rings. The lowest BCUT2D eigenvalue weighted by Gasteiger charge is -2.06. The Kier molecular flexibility index (Phi) is 6.98. The number of aryl methyl sites for hydroxylation is 1. The zero-order chi connectivity index (χ0) is 13.4. The molecule has 0 bridgehead atoms. The number of aliphatic hydroxyl groups excluding tert-OH is 1. The van der Waals surface area contributed by atoms with Crippen molar-refractivity contribution in [3.63, 3.8) is 0 Å². The van der Waals surface area contributed by atoms with Crippen LogP contribution in [0.3, 0.4) is 0 Å². The molecule has 1 aromatic rings. The average Bonchev–Trinajstić information content (AvgIpc) is 2.32. The Balaban J connectivity index is 2.32. The lowest BCUT2D eigenvalue weighted by atomic mass is 10.1. The number of carbonyl (C=O) groups excluding carboxylic acids is 1. The highest BCUT2D eigenvalue weighted by atomic mass is 79.9. The Morgan fingerprint density at radius 2 is 1.94 bits per heavy atom. The van der Waals surface area contributed by atoms with E-state index in [1.165, 1.54) is 0 Å². The largest absolute Gasteiger partial charge is 0.396 e. The molecule has 4 heteroatoms. The van der Waals surface area contributed by atoms with Crippen LogP contribution in [0.5, 0.6) is 0 Å². The summed E-state index contributed by atoms with van der Waals surface area (Å²) >= 11 is 3.39. The Morgan fingerprint density at radius 3 is 2.61 bits per heavy atom. The molecule has 0 radical (unpaired) electrons. The maximum atomic E-state index is 11.9. The topological polar surface area (TPSA) is 49.3 Å². The van der Waals surface area contributed by atoms with Gasteiger partial charge in [0.15, 0.2) is 0 Å². The zero-order valence-electron chi connectivity index (χ0n) is 10.7. The smallest absolute Gasteiger partial charge is 0.251 e. The summed E-state index contributed by atoms with van der Waals surface area (Å²) in [6.07, 6.45) is 3.86. The first kappa shape index (κ1) is 15.2. The van der Waals surface area contributed by atoms with Gasteiger partial charge in [-0.15, -0.1) is 0 Å². The molecule has 0 unspecified atom stereocenters. The van der Waals surface area contributed by atoms with Crippen LogP contribution in [0.1, 0.15) is 41.6 Å². The van der Waals surface area contributed by atoms with Crippen molar-refractivity contribution in [2.45, 2.75) is 32.6 Å². The van der Waals surface area contributed by atoms with E-state index in [1.807, 2.05) is 25.1 Å². The van der Waals surface area contributed by atoms with Crippen molar-refractivity contribution < 1.29 is 9.90 Å². The third-order valence-corrected chi connectivity index (χ3v) is 3.13. The molecular formula is C14H20BrNO2. The van der Waals surface area contributed by atoms with Gasteiger partial charge in [-0.1, -0.05) is 28.8 Å². The number of carbonyl (C=O) groups is 1. The lowest BCUT2D eigenvalue weighted by molar-refractivity contribution is 0.0952. The molecule has 0 saturated heterocycles. The number of nitrogens with one attached hydrogen (secondary N) is 1. The van der Waals surface area contributed by atoms with Gasteiger partial charge in [-0.05, 0) is 43.5 Å². The van der Waals surface area contributed by atoms with E-state index >= 15 is 0 Å². The van der Waals surface area contributed by atoms with Gasteiger partial charge < -0.3 is 10.4 Å². The van der Waals surface area contributed by atoms with Gasteiger partial charge in [0.1, 0.15) is 0 Å². The van der Waals surface area contributed by atoms with E-state index in [2.05, 4.69) is 21.2 Å². The minimum atomic E-state index is -0.0263. The molecule has 3 nitrogen and oxygen atoms in total. The molecule has 0 atom stereocenters. The fourth-order valence-electron chi connectivity index (χ4n) is 1.76. The maximum Gasteiger partial charge on any atom is 0.251 e. The van der Waals surface area contributed by atoms with E-state index in [0.29, 0.717) is 12.1 Å². The quantitative estimate of drug-likeness (QED) is 0.760. The second-order valence-corrected chi connectivity index (χ2v) is 5.33. The molecular weight excluding hydrogens is 294 g/mol. The van der Waals surface area contributed by atoms with Crippen LogP contribution in [0, 0.1) is 6.92 Å². The van der Waals surface area contributed by atoms with Gasteiger partial charge in [-0.25, -0.2) is 0 Å². The third-order valence-electron chi connectivity index (χ3n) is 2.67. The summed E-state index contributed by atoms with van der Waals surface area (Å²) in [6, 6.07) is 5.69. The predicted molar refractivity (Wildman–Crippen MR) is 76.8 cm³/mol. The van der Waals surface area contributed by atoms with Gasteiger partial charge in [-0.3, -0.25) is 4.79 Å². The number of unbranched alkanes of at least 4 members (excludes halogenated alkanes) is 3. The zero-order valence-corrected chi connectivity index (χ0v) is 12.3. The molecule has 100 valence electrons. The highest BCUT2D eigenvalue weighted by Crippen LogP contribution is 2.15. The van der Waals surface area contributed by atoms with Crippen LogP contribution in [-0.4, -0.2) is 24.2 Å². The molecule has 0 aliphatic heterocycles. The van der Waals surface area contributed by atoms with Crippen LogP contribution in [0.2, 0.25) is 0 Å². The molecule has 0 aromatic heterocycles. The Bertz CT molecular complexity index is 373. The summed E-state index contributed by atoms with van der Waals surface area (Å²) in [4.78, 5) is 11.9. The first-order valence-electron chi connectivity index (χ1n) is 6.29. The standard InChI is InChI=1S/C14H20BrNO2/c1-11-8-12(10-13(15)9-11)14(18)16-6-4-2-3-5-7-17/h8-10,17H,2-7H2,1H3,(H,16,18). The van der Waals surface area contributed by atoms with Crippen molar-refractivity contribution in [1.82, 2.24) is 5.32 Å². The number of hydrogen-bond donors (Lipinski definition) is 2. The van der Waals surface area contributed by atoms with Crippen LogP contribution in [0.4, 0.5) is 0 Å². The fourth-order valence-corrected chi connectivity index (χ4v) is 2.37. The van der Waals surface area contributed by atoms with E-state index < -0.39 is 0 Å². The second-order valence-electron chi connectivity index (χ2n) is 4.41. The number of aliphatic hydroxyl groups is 1. The van der Waals surface area contributed by atoms with Gasteiger partial charge in [0, 0.05) is 23.2 Å². The summed E-state index contributed by atoms with van der Waals surface area (Å²) in [5.41, 5.74) is 1.76. The number of halogens is 1.